The summed E-state index contributed by atoms with van der Waals surface area (Å²) in [6, 6.07) is 12.9. The van der Waals surface area contributed by atoms with Crippen molar-refractivity contribution >= 4 is 34.7 Å². The number of aromatic nitrogens is 1. The van der Waals surface area contributed by atoms with Crippen molar-refractivity contribution in [2.75, 3.05) is 12.0 Å². The smallest absolute Gasteiger partial charge is 0.300 e. The third kappa shape index (κ3) is 3.63. The van der Waals surface area contributed by atoms with Gasteiger partial charge < -0.3 is 9.84 Å². The summed E-state index contributed by atoms with van der Waals surface area (Å²) < 4.78 is 5.16. The van der Waals surface area contributed by atoms with Crippen LogP contribution in [0.25, 0.3) is 5.76 Å². The predicted molar refractivity (Wildman–Crippen MR) is 123 cm³/mol. The first-order chi connectivity index (χ1) is 15.3. The van der Waals surface area contributed by atoms with Gasteiger partial charge in [0.25, 0.3) is 11.7 Å². The number of halogens is 1. The minimum atomic E-state index is -0.841. The number of hydrogen-bond acceptors (Lipinski definition) is 5. The van der Waals surface area contributed by atoms with E-state index in [0.717, 1.165) is 11.1 Å². The molecule has 32 heavy (non-hydrogen) atoms. The van der Waals surface area contributed by atoms with E-state index in [1.807, 2.05) is 26.0 Å². The lowest BCUT2D eigenvalue weighted by Gasteiger charge is -2.25. The Bertz CT molecular complexity index is 1250. The van der Waals surface area contributed by atoms with Gasteiger partial charge in [-0.3, -0.25) is 19.5 Å². The molecule has 7 heteroatoms. The number of anilines is 1. The van der Waals surface area contributed by atoms with Crippen molar-refractivity contribution in [2.45, 2.75) is 19.9 Å². The Balaban J connectivity index is 1.94. The Morgan fingerprint density at radius 1 is 1.09 bits per heavy atom. The van der Waals surface area contributed by atoms with E-state index >= 15 is 0 Å². The van der Waals surface area contributed by atoms with Crippen molar-refractivity contribution in [3.05, 3.63) is 93.8 Å². The third-order valence-electron chi connectivity index (χ3n) is 5.64. The van der Waals surface area contributed by atoms with Crippen LogP contribution < -0.4 is 9.64 Å². The van der Waals surface area contributed by atoms with Gasteiger partial charge in [0, 0.05) is 23.6 Å². The minimum Gasteiger partial charge on any atom is -0.507 e. The zero-order valence-corrected chi connectivity index (χ0v) is 18.6. The van der Waals surface area contributed by atoms with Crippen LogP contribution in [0.15, 0.2) is 66.5 Å². The number of ketones is 1. The lowest BCUT2D eigenvalue weighted by Crippen LogP contribution is -2.29. The fraction of sp³-hybridized carbons (Fsp3) is 0.160. The molecule has 1 amide bonds. The van der Waals surface area contributed by atoms with Gasteiger partial charge in [-0.05, 0) is 66.9 Å². The van der Waals surface area contributed by atoms with Crippen LogP contribution in [-0.2, 0) is 9.59 Å². The molecular weight excluding hydrogens is 428 g/mol. The molecule has 1 unspecified atom stereocenters. The van der Waals surface area contributed by atoms with Crippen LogP contribution in [0.3, 0.4) is 0 Å². The second-order valence-electron chi connectivity index (χ2n) is 7.57. The maximum absolute atomic E-state index is 13.2. The summed E-state index contributed by atoms with van der Waals surface area (Å²) in [6.07, 6.45) is 3.19. The van der Waals surface area contributed by atoms with Crippen molar-refractivity contribution in [2.24, 2.45) is 0 Å². The average molecular weight is 449 g/mol. The molecule has 2 aromatic carbocycles. The van der Waals surface area contributed by atoms with E-state index < -0.39 is 17.7 Å². The van der Waals surface area contributed by atoms with E-state index in [-0.39, 0.29) is 16.4 Å². The zero-order valence-electron chi connectivity index (χ0n) is 17.8. The van der Waals surface area contributed by atoms with Crippen molar-refractivity contribution in [1.82, 2.24) is 4.98 Å². The second kappa shape index (κ2) is 8.48. The first-order valence-corrected chi connectivity index (χ1v) is 10.3. The number of amides is 1. The number of aliphatic hydroxyl groups excluding tert-OH is 1. The molecule has 3 aromatic rings. The quantitative estimate of drug-likeness (QED) is 0.345. The van der Waals surface area contributed by atoms with E-state index in [0.29, 0.717) is 22.6 Å². The molecule has 1 atom stereocenters. The summed E-state index contributed by atoms with van der Waals surface area (Å²) in [5.41, 5.74) is 3.50. The van der Waals surface area contributed by atoms with Crippen molar-refractivity contribution in [1.29, 1.82) is 0 Å². The second-order valence-corrected chi connectivity index (χ2v) is 7.98. The number of hydrogen-bond donors (Lipinski definition) is 1. The molecular formula is C25H21ClN2O4. The molecule has 1 aromatic heterocycles. The Morgan fingerprint density at radius 3 is 2.50 bits per heavy atom. The van der Waals surface area contributed by atoms with E-state index in [9.17, 15) is 14.7 Å². The van der Waals surface area contributed by atoms with E-state index in [4.69, 9.17) is 16.3 Å². The lowest BCUT2D eigenvalue weighted by molar-refractivity contribution is -0.132. The van der Waals surface area contributed by atoms with Gasteiger partial charge in [-0.25, -0.2) is 0 Å². The molecule has 6 nitrogen and oxygen atoms in total. The molecule has 0 radical (unpaired) electrons. The van der Waals surface area contributed by atoms with Crippen LogP contribution in [0, 0.1) is 13.8 Å². The molecule has 1 saturated heterocycles. The van der Waals surface area contributed by atoms with E-state index in [2.05, 4.69) is 4.98 Å². The molecule has 1 fully saturated rings. The van der Waals surface area contributed by atoms with Gasteiger partial charge in [-0.15, -0.1) is 0 Å². The average Bonchev–Trinajstić information content (AvgIpc) is 3.06. The van der Waals surface area contributed by atoms with E-state index in [1.54, 1.807) is 42.7 Å². The largest absolute Gasteiger partial charge is 0.507 e. The van der Waals surface area contributed by atoms with Gasteiger partial charge >= 0.3 is 0 Å². The summed E-state index contributed by atoms with van der Waals surface area (Å²) in [7, 11) is 1.48. The van der Waals surface area contributed by atoms with Crippen LogP contribution in [0.5, 0.6) is 5.75 Å². The Labute approximate surface area is 190 Å². The van der Waals surface area contributed by atoms with Gasteiger partial charge in [0.15, 0.2) is 0 Å². The fourth-order valence-corrected chi connectivity index (χ4v) is 4.05. The SMILES string of the molecule is COc1ccc(/C(O)=C2\C(=O)C(=O)N(c3ccc(C)c(C)c3)C2c2cccnc2)cc1Cl. The van der Waals surface area contributed by atoms with Crippen LogP contribution in [0.2, 0.25) is 5.02 Å². The zero-order chi connectivity index (χ0) is 23.0. The van der Waals surface area contributed by atoms with Gasteiger partial charge in [0.05, 0.1) is 23.7 Å². The standard InChI is InChI=1S/C25H21ClN2O4/c1-14-6-8-18(11-15(14)2)28-22(17-5-4-10-27-13-17)21(24(30)25(28)31)23(29)16-7-9-20(32-3)19(26)12-16/h4-13,22,29H,1-3H3/b23-21+. The van der Waals surface area contributed by atoms with Crippen LogP contribution in [0.1, 0.15) is 28.3 Å². The van der Waals surface area contributed by atoms with Crippen LogP contribution >= 0.6 is 11.6 Å². The lowest BCUT2D eigenvalue weighted by atomic mass is 9.96. The summed E-state index contributed by atoms with van der Waals surface area (Å²) >= 11 is 6.22. The molecule has 1 N–H and O–H groups in total. The highest BCUT2D eigenvalue weighted by molar-refractivity contribution is 6.51. The molecule has 1 aliphatic heterocycles. The number of ether oxygens (including phenoxy) is 1. The molecule has 2 heterocycles. The number of aliphatic hydroxyl groups is 1. The number of Topliss-reactive ketones (excluding diaryl/α,β-unsaturated/α-hetero) is 1. The number of benzene rings is 2. The number of aryl methyl sites for hydroxylation is 2. The Kier molecular flexibility index (Phi) is 5.72. The number of carbonyl (C=O) groups is 2. The highest BCUT2D eigenvalue weighted by Gasteiger charge is 2.47. The molecule has 0 spiro atoms. The summed E-state index contributed by atoms with van der Waals surface area (Å²) in [6.45, 7) is 3.91. The van der Waals surface area contributed by atoms with Gasteiger partial charge in [0.1, 0.15) is 11.5 Å². The van der Waals surface area contributed by atoms with Gasteiger partial charge in [-0.2, -0.15) is 0 Å². The molecule has 162 valence electrons. The Hall–Kier alpha value is -3.64. The fourth-order valence-electron chi connectivity index (χ4n) is 3.80. The van der Waals surface area contributed by atoms with Crippen molar-refractivity contribution in [3.63, 3.8) is 0 Å². The highest BCUT2D eigenvalue weighted by Crippen LogP contribution is 2.42. The Morgan fingerprint density at radius 2 is 1.88 bits per heavy atom. The number of methoxy groups -OCH3 is 1. The van der Waals surface area contributed by atoms with Gasteiger partial charge in [0.2, 0.25) is 0 Å². The summed E-state index contributed by atoms with van der Waals surface area (Å²) in [5, 5.41) is 11.4. The monoisotopic (exact) mass is 448 g/mol. The van der Waals surface area contributed by atoms with Gasteiger partial charge in [-0.1, -0.05) is 23.7 Å². The molecule has 0 aliphatic carbocycles. The molecule has 0 saturated carbocycles. The number of nitrogens with zero attached hydrogens (tertiary/aromatic N) is 2. The minimum absolute atomic E-state index is 0.0255. The molecule has 4 rings (SSSR count). The van der Waals surface area contributed by atoms with Crippen LogP contribution in [0.4, 0.5) is 5.69 Å². The number of carbonyl (C=O) groups excluding carboxylic acids is 2. The van der Waals surface area contributed by atoms with Crippen molar-refractivity contribution < 1.29 is 19.4 Å². The third-order valence-corrected chi connectivity index (χ3v) is 5.93. The summed E-state index contributed by atoms with van der Waals surface area (Å²) in [5.74, 6) is -1.37. The predicted octanol–water partition coefficient (Wildman–Crippen LogP) is 4.99. The highest BCUT2D eigenvalue weighted by atomic mass is 35.5. The topological polar surface area (TPSA) is 79.7 Å². The molecule has 1 aliphatic rings. The number of rotatable bonds is 4. The van der Waals surface area contributed by atoms with Crippen LogP contribution in [-0.4, -0.2) is 28.9 Å². The number of pyridine rings is 1. The van der Waals surface area contributed by atoms with Crippen molar-refractivity contribution in [3.8, 4) is 5.75 Å². The first-order valence-electron chi connectivity index (χ1n) is 9.95. The normalized spacial score (nSPS) is 17.6. The maximum Gasteiger partial charge on any atom is 0.300 e. The van der Waals surface area contributed by atoms with E-state index in [1.165, 1.54) is 18.1 Å². The maximum atomic E-state index is 13.2. The first kappa shape index (κ1) is 21.6. The summed E-state index contributed by atoms with van der Waals surface area (Å²) in [4.78, 5) is 31.9. The molecule has 0 bridgehead atoms.